The molecular weight excluding hydrogens is 329 g/mol. The summed E-state index contributed by atoms with van der Waals surface area (Å²) in [4.78, 5) is 11.0. The molecule has 84 valence electrons. The summed E-state index contributed by atoms with van der Waals surface area (Å²) in [6.07, 6.45) is -8.05. The summed E-state index contributed by atoms with van der Waals surface area (Å²) in [6.45, 7) is 0. The molecule has 4 N–H and O–H groups in total. The molecule has 1 rings (SSSR count). The van der Waals surface area contributed by atoms with Crippen LogP contribution in [0.25, 0.3) is 0 Å². The average Bonchev–Trinajstić information content (AvgIpc) is 2.19. The minimum atomic E-state index is -1.71. The molecule has 1 saturated heterocycles. The summed E-state index contributed by atoms with van der Waals surface area (Å²) in [6, 6.07) is 0. The van der Waals surface area contributed by atoms with Gasteiger partial charge in [-0.3, -0.25) is 0 Å². The maximum absolute atomic E-state index is 11.0. The van der Waals surface area contributed by atoms with Crippen LogP contribution in [0.5, 0.6) is 0 Å². The van der Waals surface area contributed by atoms with Crippen molar-refractivity contribution in [2.45, 2.75) is 30.7 Å². The van der Waals surface area contributed by atoms with Crippen LogP contribution >= 0.6 is 0 Å². The number of aliphatic hydroxyl groups is 4. The fourth-order valence-electron chi connectivity index (χ4n) is 1.12. The Morgan fingerprint density at radius 3 is 2.13 bits per heavy atom. The fraction of sp³-hybridized carbons (Fsp3) is 0.833. The maximum atomic E-state index is 11.0. The van der Waals surface area contributed by atoms with Gasteiger partial charge in [-0.05, 0) is 0 Å². The number of hydrogen-bond acceptors (Lipinski definition) is 7. The Bertz CT molecular complexity index is 228. The van der Waals surface area contributed by atoms with Crippen molar-refractivity contribution in [3.63, 3.8) is 0 Å². The van der Waals surface area contributed by atoms with Crippen LogP contribution in [0.4, 0.5) is 0 Å². The van der Waals surface area contributed by atoms with Crippen LogP contribution in [0.3, 0.4) is 0 Å². The molecule has 0 aliphatic carbocycles. The molecule has 1 aliphatic rings. The molecule has 0 saturated carbocycles. The van der Waals surface area contributed by atoms with Gasteiger partial charge in [-0.25, -0.2) is 0 Å². The van der Waals surface area contributed by atoms with Gasteiger partial charge >= 0.3 is 123 Å². The molecule has 0 aromatic carbocycles. The van der Waals surface area contributed by atoms with Crippen molar-refractivity contribution in [1.29, 1.82) is 0 Å². The topological polar surface area (TPSA) is 116 Å². The summed E-state index contributed by atoms with van der Waals surface area (Å²) in [5, 5.41) is 36.6. The van der Waals surface area contributed by atoms with Gasteiger partial charge in [0.25, 0.3) is 0 Å². The fourth-order valence-corrected chi connectivity index (χ4v) is 1.51. The van der Waals surface area contributed by atoms with Crippen molar-refractivity contribution >= 4 is 59.0 Å². The van der Waals surface area contributed by atoms with Gasteiger partial charge in [0.05, 0.1) is 0 Å². The van der Waals surface area contributed by atoms with Gasteiger partial charge < -0.3 is 0 Å². The Hall–Kier alpha value is 1.09. The van der Waals surface area contributed by atoms with Crippen LogP contribution in [-0.2, 0) is 12.5 Å². The van der Waals surface area contributed by atoms with Crippen LogP contribution in [0.1, 0.15) is 0 Å². The van der Waals surface area contributed by atoms with Crippen LogP contribution in [-0.4, -0.2) is 110 Å². The zero-order valence-corrected chi connectivity index (χ0v) is 10.3. The molecule has 0 bridgehead atoms. The summed E-state index contributed by atoms with van der Waals surface area (Å²) in [5.74, 6) is -0.870. The molecule has 9 heteroatoms. The second-order valence-electron chi connectivity index (χ2n) is 2.86. The summed E-state index contributed by atoms with van der Waals surface area (Å²) in [5.41, 5.74) is 0. The van der Waals surface area contributed by atoms with Crippen molar-refractivity contribution in [2.75, 3.05) is 0 Å². The standard InChI is InChI=1S/C6H10O7.Na.Sb.3H/c7-1-2(8)4(5(10)11)13-6(12)3(1)9;;;;;/h1-4,6-9,12H,(H,10,11);;;;;/q;;+1;;;/p-1/t1-,2-,3+,4-,6+;;;;;/m0...../s1. The quantitative estimate of drug-likeness (QED) is 0.354. The van der Waals surface area contributed by atoms with Crippen LogP contribution in [0, 0.1) is 0 Å². The second kappa shape index (κ2) is 6.73. The Balaban J connectivity index is 0.00000196. The number of carbonyl (C=O) groups excluding carboxylic acids is 1. The molecule has 7 nitrogen and oxygen atoms in total. The third-order valence-corrected chi connectivity index (χ3v) is 2.60. The molecule has 15 heavy (non-hydrogen) atoms. The monoisotopic (exact) mass is 340 g/mol. The molecule has 0 radical (unpaired) electrons. The summed E-state index contributed by atoms with van der Waals surface area (Å²) < 4.78 is 8.97. The zero-order chi connectivity index (χ0) is 10.9. The van der Waals surface area contributed by atoms with Crippen molar-refractivity contribution in [3.05, 3.63) is 0 Å². The number of hydrogen-bond donors (Lipinski definition) is 4. The van der Waals surface area contributed by atoms with Gasteiger partial charge in [-0.1, -0.05) is 0 Å². The van der Waals surface area contributed by atoms with Crippen molar-refractivity contribution in [2.24, 2.45) is 0 Å². The van der Waals surface area contributed by atoms with Crippen molar-refractivity contribution < 1.29 is 33.0 Å². The number of aliphatic hydroxyl groups excluding tert-OH is 4. The first-order valence-electron chi connectivity index (χ1n) is 3.77. The van der Waals surface area contributed by atoms with E-state index in [0.717, 1.165) is 0 Å². The predicted molar refractivity (Wildman–Crippen MR) is 50.7 cm³/mol. The van der Waals surface area contributed by atoms with E-state index < -0.39 is 36.7 Å². The number of ether oxygens (including phenoxy) is 1. The van der Waals surface area contributed by atoms with Gasteiger partial charge in [0.1, 0.15) is 0 Å². The first kappa shape index (κ1) is 16.1. The Morgan fingerprint density at radius 2 is 1.67 bits per heavy atom. The second-order valence-corrected chi connectivity index (χ2v) is 3.53. The first-order valence-corrected chi connectivity index (χ1v) is 5.12. The van der Waals surface area contributed by atoms with Crippen molar-refractivity contribution in [3.8, 4) is 0 Å². The van der Waals surface area contributed by atoms with E-state index in [2.05, 4.69) is 7.75 Å². The third kappa shape index (κ3) is 3.52. The Kier molecular flexibility index (Phi) is 7.22. The third-order valence-electron chi connectivity index (χ3n) is 1.94. The molecule has 5 atom stereocenters. The van der Waals surface area contributed by atoms with Crippen LogP contribution in [0.15, 0.2) is 0 Å². The minimum absolute atomic E-state index is 0. The van der Waals surface area contributed by atoms with Gasteiger partial charge in [0.15, 0.2) is 0 Å². The molecule has 0 amide bonds. The molecule has 1 aliphatic heterocycles. The van der Waals surface area contributed by atoms with Gasteiger partial charge in [-0.2, -0.15) is 0 Å². The van der Waals surface area contributed by atoms with Gasteiger partial charge in [0, 0.05) is 0 Å². The normalized spacial score (nSPS) is 40.5. The van der Waals surface area contributed by atoms with Crippen molar-refractivity contribution in [1.82, 2.24) is 0 Å². The Labute approximate surface area is 122 Å². The van der Waals surface area contributed by atoms with E-state index in [1.54, 1.807) is 0 Å². The number of carbonyl (C=O) groups is 1. The SMILES string of the molecule is O=C([O][SbH2])[C@H]1O[C@@H](O)[C@H](O)[C@@H](O)[C@@H]1O.[NaH]. The van der Waals surface area contributed by atoms with E-state index in [4.69, 9.17) is 10.2 Å². The summed E-state index contributed by atoms with van der Waals surface area (Å²) >= 11 is 0.174. The van der Waals surface area contributed by atoms with Crippen LogP contribution in [0.2, 0.25) is 0 Å². The van der Waals surface area contributed by atoms with Crippen LogP contribution < -0.4 is 0 Å². The van der Waals surface area contributed by atoms with Gasteiger partial charge in [-0.15, -0.1) is 0 Å². The van der Waals surface area contributed by atoms with E-state index >= 15 is 0 Å². The zero-order valence-electron chi connectivity index (χ0n) is 6.98. The Morgan fingerprint density at radius 1 is 1.13 bits per heavy atom. The average molecular weight is 341 g/mol. The molecule has 1 fully saturated rings. The van der Waals surface area contributed by atoms with E-state index in [9.17, 15) is 15.0 Å². The molecule has 0 aromatic heterocycles. The number of rotatable bonds is 1. The molecule has 1 heterocycles. The van der Waals surface area contributed by atoms with E-state index in [1.807, 2.05) is 0 Å². The molecule has 0 unspecified atom stereocenters. The first-order chi connectivity index (χ1) is 6.49. The van der Waals surface area contributed by atoms with E-state index in [-0.39, 0.29) is 53.0 Å². The molecule has 0 spiro atoms. The van der Waals surface area contributed by atoms with E-state index in [1.165, 1.54) is 0 Å². The molecule has 0 aromatic rings. The summed E-state index contributed by atoms with van der Waals surface area (Å²) in [7, 11) is 0. The van der Waals surface area contributed by atoms with E-state index in [0.29, 0.717) is 0 Å². The molecular formula is C6H12NaO7Sb. The van der Waals surface area contributed by atoms with Gasteiger partial charge in [0.2, 0.25) is 0 Å². The predicted octanol–water partition coefficient (Wildman–Crippen LogP) is -4.77.